The number of hydrogen-bond donors (Lipinski definition) is 1. The van der Waals surface area contributed by atoms with Gasteiger partial charge in [0.2, 0.25) is 0 Å². The molecule has 0 aromatic heterocycles. The molecule has 0 saturated heterocycles. The van der Waals surface area contributed by atoms with Crippen LogP contribution in [0.2, 0.25) is 5.02 Å². The normalized spacial score (nSPS) is 16.9. The van der Waals surface area contributed by atoms with E-state index in [-0.39, 0.29) is 0 Å². The fourth-order valence-electron chi connectivity index (χ4n) is 2.55. The highest BCUT2D eigenvalue weighted by Crippen LogP contribution is 2.24. The second-order valence-electron chi connectivity index (χ2n) is 5.04. The quantitative estimate of drug-likeness (QED) is 0.809. The number of nitrogens with one attached hydrogen (secondary N) is 1. The van der Waals surface area contributed by atoms with Crippen LogP contribution >= 0.6 is 11.6 Å². The van der Waals surface area contributed by atoms with Gasteiger partial charge in [0, 0.05) is 12.2 Å². The van der Waals surface area contributed by atoms with Crippen LogP contribution in [0.4, 0.5) is 5.69 Å². The average Bonchev–Trinajstić information content (AvgIpc) is 2.66. The van der Waals surface area contributed by atoms with Gasteiger partial charge in [0.05, 0.1) is 10.6 Å². The highest BCUT2D eigenvalue weighted by atomic mass is 35.5. The van der Waals surface area contributed by atoms with E-state index in [2.05, 4.69) is 11.4 Å². The van der Waals surface area contributed by atoms with E-state index in [1.165, 1.54) is 38.5 Å². The SMILES string of the molecule is N#Cc1cc(NCC2CCCCCC2)ccc1Cl. The molecule has 0 bridgehead atoms. The van der Waals surface area contributed by atoms with Crippen LogP contribution in [0.25, 0.3) is 0 Å². The van der Waals surface area contributed by atoms with E-state index in [0.717, 1.165) is 18.2 Å². The number of nitrogens with zero attached hydrogens (tertiary/aromatic N) is 1. The lowest BCUT2D eigenvalue weighted by molar-refractivity contribution is 0.483. The van der Waals surface area contributed by atoms with Crippen molar-refractivity contribution < 1.29 is 0 Å². The summed E-state index contributed by atoms with van der Waals surface area (Å²) in [4.78, 5) is 0. The van der Waals surface area contributed by atoms with Gasteiger partial charge in [-0.15, -0.1) is 0 Å². The Balaban J connectivity index is 1.91. The van der Waals surface area contributed by atoms with Gasteiger partial charge in [-0.3, -0.25) is 0 Å². The smallest absolute Gasteiger partial charge is 0.101 e. The maximum atomic E-state index is 8.93. The zero-order valence-electron chi connectivity index (χ0n) is 10.6. The lowest BCUT2D eigenvalue weighted by Gasteiger charge is -2.16. The molecule has 1 fully saturated rings. The first-order chi connectivity index (χ1) is 8.79. The summed E-state index contributed by atoms with van der Waals surface area (Å²) in [5.41, 5.74) is 1.54. The first-order valence-corrected chi connectivity index (χ1v) is 7.11. The van der Waals surface area contributed by atoms with E-state index in [4.69, 9.17) is 16.9 Å². The number of rotatable bonds is 3. The molecule has 0 radical (unpaired) electrons. The third kappa shape index (κ3) is 3.65. The van der Waals surface area contributed by atoms with Crippen LogP contribution in [0.1, 0.15) is 44.1 Å². The van der Waals surface area contributed by atoms with Crippen LogP contribution in [0, 0.1) is 17.2 Å². The molecule has 2 rings (SSSR count). The lowest BCUT2D eigenvalue weighted by Crippen LogP contribution is -2.13. The topological polar surface area (TPSA) is 35.8 Å². The van der Waals surface area contributed by atoms with Crippen LogP contribution in [0.5, 0.6) is 0 Å². The molecular formula is C15H19ClN2. The van der Waals surface area contributed by atoms with Crippen LogP contribution in [-0.2, 0) is 0 Å². The van der Waals surface area contributed by atoms with Crippen LogP contribution in [0.3, 0.4) is 0 Å². The molecule has 0 spiro atoms. The molecule has 0 atom stereocenters. The number of nitriles is 1. The molecule has 3 heteroatoms. The summed E-state index contributed by atoms with van der Waals surface area (Å²) in [6.07, 6.45) is 8.14. The van der Waals surface area contributed by atoms with Gasteiger partial charge in [0.25, 0.3) is 0 Å². The summed E-state index contributed by atoms with van der Waals surface area (Å²) >= 11 is 5.92. The Morgan fingerprint density at radius 1 is 1.22 bits per heavy atom. The largest absolute Gasteiger partial charge is 0.385 e. The van der Waals surface area contributed by atoms with Crippen molar-refractivity contribution in [2.75, 3.05) is 11.9 Å². The number of benzene rings is 1. The molecule has 1 saturated carbocycles. The zero-order valence-corrected chi connectivity index (χ0v) is 11.3. The maximum absolute atomic E-state index is 8.93. The highest BCUT2D eigenvalue weighted by Gasteiger charge is 2.12. The first-order valence-electron chi connectivity index (χ1n) is 6.73. The molecule has 1 aromatic rings. The van der Waals surface area contributed by atoms with E-state index < -0.39 is 0 Å². The minimum absolute atomic E-state index is 0.525. The second-order valence-corrected chi connectivity index (χ2v) is 5.45. The van der Waals surface area contributed by atoms with E-state index in [1.807, 2.05) is 12.1 Å². The van der Waals surface area contributed by atoms with E-state index >= 15 is 0 Å². The number of anilines is 1. The molecule has 1 aliphatic rings. The second kappa shape index (κ2) is 6.66. The molecular weight excluding hydrogens is 244 g/mol. The van der Waals surface area contributed by atoms with Gasteiger partial charge in [-0.1, -0.05) is 37.3 Å². The van der Waals surface area contributed by atoms with E-state index in [0.29, 0.717) is 10.6 Å². The Kier molecular flexibility index (Phi) is 4.90. The van der Waals surface area contributed by atoms with Gasteiger partial charge < -0.3 is 5.32 Å². The molecule has 2 nitrogen and oxygen atoms in total. The maximum Gasteiger partial charge on any atom is 0.101 e. The van der Waals surface area contributed by atoms with Gasteiger partial charge in [-0.25, -0.2) is 0 Å². The van der Waals surface area contributed by atoms with Crippen molar-refractivity contribution in [1.82, 2.24) is 0 Å². The molecule has 0 amide bonds. The van der Waals surface area contributed by atoms with Crippen molar-refractivity contribution in [3.05, 3.63) is 28.8 Å². The van der Waals surface area contributed by atoms with Crippen molar-refractivity contribution >= 4 is 17.3 Å². The Labute approximate surface area is 114 Å². The third-order valence-electron chi connectivity index (χ3n) is 3.66. The van der Waals surface area contributed by atoms with Crippen molar-refractivity contribution in [2.24, 2.45) is 5.92 Å². The first kappa shape index (κ1) is 13.2. The van der Waals surface area contributed by atoms with Crippen molar-refractivity contribution in [3.63, 3.8) is 0 Å². The molecule has 1 N–H and O–H groups in total. The molecule has 18 heavy (non-hydrogen) atoms. The zero-order chi connectivity index (χ0) is 12.8. The minimum Gasteiger partial charge on any atom is -0.385 e. The molecule has 1 aromatic carbocycles. The third-order valence-corrected chi connectivity index (χ3v) is 3.99. The average molecular weight is 263 g/mol. The number of halogens is 1. The summed E-state index contributed by atoms with van der Waals surface area (Å²) in [5, 5.41) is 12.9. The van der Waals surface area contributed by atoms with Crippen molar-refractivity contribution in [2.45, 2.75) is 38.5 Å². The number of hydrogen-bond acceptors (Lipinski definition) is 2. The predicted molar refractivity (Wildman–Crippen MR) is 75.8 cm³/mol. The summed E-state index contributed by atoms with van der Waals surface area (Å²) in [6, 6.07) is 7.68. The van der Waals surface area contributed by atoms with Gasteiger partial charge in [-0.2, -0.15) is 5.26 Å². The Bertz CT molecular complexity index is 429. The fraction of sp³-hybridized carbons (Fsp3) is 0.533. The van der Waals surface area contributed by atoms with Gasteiger partial charge >= 0.3 is 0 Å². The molecule has 0 heterocycles. The van der Waals surface area contributed by atoms with Gasteiger partial charge in [-0.05, 0) is 37.0 Å². The molecule has 1 aliphatic carbocycles. The highest BCUT2D eigenvalue weighted by molar-refractivity contribution is 6.31. The van der Waals surface area contributed by atoms with Crippen molar-refractivity contribution in [1.29, 1.82) is 5.26 Å². The van der Waals surface area contributed by atoms with Crippen LogP contribution in [0.15, 0.2) is 18.2 Å². The Morgan fingerprint density at radius 2 is 1.94 bits per heavy atom. The van der Waals surface area contributed by atoms with E-state index in [1.54, 1.807) is 6.07 Å². The summed E-state index contributed by atoms with van der Waals surface area (Å²) in [6.45, 7) is 1.01. The van der Waals surface area contributed by atoms with Gasteiger partial charge in [0.1, 0.15) is 6.07 Å². The summed E-state index contributed by atoms with van der Waals surface area (Å²) in [5.74, 6) is 0.772. The minimum atomic E-state index is 0.525. The molecule has 96 valence electrons. The fourth-order valence-corrected chi connectivity index (χ4v) is 2.71. The standard InChI is InChI=1S/C15H19ClN2/c16-15-8-7-14(9-13(15)10-17)18-11-12-5-3-1-2-4-6-12/h7-9,12,18H,1-6,11H2. The van der Waals surface area contributed by atoms with Crippen molar-refractivity contribution in [3.8, 4) is 6.07 Å². The van der Waals surface area contributed by atoms with Crippen LogP contribution < -0.4 is 5.32 Å². The molecule has 0 unspecified atom stereocenters. The monoisotopic (exact) mass is 262 g/mol. The van der Waals surface area contributed by atoms with Gasteiger partial charge in [0.15, 0.2) is 0 Å². The lowest BCUT2D eigenvalue weighted by atomic mass is 10.0. The van der Waals surface area contributed by atoms with Crippen LogP contribution in [-0.4, -0.2) is 6.54 Å². The van der Waals surface area contributed by atoms with E-state index in [9.17, 15) is 0 Å². The predicted octanol–water partition coefficient (Wildman–Crippen LogP) is 4.59. The summed E-state index contributed by atoms with van der Waals surface area (Å²) < 4.78 is 0. The molecule has 0 aliphatic heterocycles. The Hall–Kier alpha value is -1.20. The Morgan fingerprint density at radius 3 is 2.61 bits per heavy atom. The summed E-state index contributed by atoms with van der Waals surface area (Å²) in [7, 11) is 0.